The number of methoxy groups -OCH3 is 2. The number of hydrogen-bond acceptors (Lipinski definition) is 9. The molecule has 1 aromatic heterocycles. The molecule has 0 spiro atoms. The first-order valence-electron chi connectivity index (χ1n) is 11.9. The van der Waals surface area contributed by atoms with Crippen LogP contribution in [0.5, 0.6) is 23.1 Å². The summed E-state index contributed by atoms with van der Waals surface area (Å²) in [6, 6.07) is 7.78. The summed E-state index contributed by atoms with van der Waals surface area (Å²) in [5.74, 6) is 3.01. The van der Waals surface area contributed by atoms with E-state index in [1.807, 2.05) is 36.1 Å². The standard InChI is InChI=1S/C25H32N4O6/c1-25(16-32-10-11-34-25)24(26)28-7-6-19(15-28)35-18-4-5-21-20(13-18)29(8-9-33-21)17-12-22(30-2)23(31-3)27-14-17/h4-5,12-14,19,26H,6-11,15-16H2,1-3H3. The van der Waals surface area contributed by atoms with Crippen LogP contribution >= 0.6 is 0 Å². The van der Waals surface area contributed by atoms with Gasteiger partial charge in [-0.25, -0.2) is 4.98 Å². The van der Waals surface area contributed by atoms with Crippen LogP contribution in [-0.2, 0) is 9.47 Å². The molecule has 0 radical (unpaired) electrons. The number of nitrogens with zero attached hydrogens (tertiary/aromatic N) is 3. The van der Waals surface area contributed by atoms with Crippen molar-refractivity contribution >= 4 is 17.2 Å². The molecule has 0 aliphatic carbocycles. The van der Waals surface area contributed by atoms with E-state index in [0.717, 1.165) is 35.8 Å². The van der Waals surface area contributed by atoms with Gasteiger partial charge < -0.3 is 38.2 Å². The van der Waals surface area contributed by atoms with E-state index in [4.69, 9.17) is 33.8 Å². The summed E-state index contributed by atoms with van der Waals surface area (Å²) < 4.78 is 34.4. The summed E-state index contributed by atoms with van der Waals surface area (Å²) in [6.07, 6.45) is 2.57. The number of fused-ring (bicyclic) bond motifs is 1. The van der Waals surface area contributed by atoms with E-state index in [0.29, 0.717) is 57.0 Å². The van der Waals surface area contributed by atoms with Gasteiger partial charge in [-0.05, 0) is 19.1 Å². The molecule has 3 aliphatic rings. The molecule has 2 fully saturated rings. The summed E-state index contributed by atoms with van der Waals surface area (Å²) in [6.45, 7) is 6.02. The van der Waals surface area contributed by atoms with Gasteiger partial charge in [0.25, 0.3) is 5.88 Å². The van der Waals surface area contributed by atoms with Crippen LogP contribution in [0, 0.1) is 5.41 Å². The van der Waals surface area contributed by atoms with Crippen molar-refractivity contribution in [3.8, 4) is 23.1 Å². The Balaban J connectivity index is 1.30. The molecule has 4 heterocycles. The normalized spacial score (nSPS) is 23.9. The van der Waals surface area contributed by atoms with Crippen LogP contribution in [0.15, 0.2) is 30.5 Å². The molecule has 0 bridgehead atoms. The van der Waals surface area contributed by atoms with Crippen LogP contribution in [0.25, 0.3) is 0 Å². The number of ether oxygens (including phenoxy) is 6. The number of anilines is 2. The van der Waals surface area contributed by atoms with Crippen molar-refractivity contribution < 1.29 is 28.4 Å². The summed E-state index contributed by atoms with van der Waals surface area (Å²) in [5, 5.41) is 8.67. The summed E-state index contributed by atoms with van der Waals surface area (Å²) in [7, 11) is 3.17. The second kappa shape index (κ2) is 9.79. The molecule has 10 heteroatoms. The zero-order valence-corrected chi connectivity index (χ0v) is 20.4. The predicted octanol–water partition coefficient (Wildman–Crippen LogP) is 2.87. The average molecular weight is 485 g/mol. The summed E-state index contributed by atoms with van der Waals surface area (Å²) >= 11 is 0. The van der Waals surface area contributed by atoms with Gasteiger partial charge in [-0.15, -0.1) is 0 Å². The van der Waals surface area contributed by atoms with E-state index in [9.17, 15) is 0 Å². The minimum Gasteiger partial charge on any atom is -0.491 e. The molecule has 3 aliphatic heterocycles. The van der Waals surface area contributed by atoms with E-state index in [-0.39, 0.29) is 6.10 Å². The smallest absolute Gasteiger partial charge is 0.256 e. The van der Waals surface area contributed by atoms with E-state index in [2.05, 4.69) is 9.88 Å². The van der Waals surface area contributed by atoms with Crippen LogP contribution in [-0.4, -0.2) is 87.7 Å². The first kappa shape index (κ1) is 23.5. The van der Waals surface area contributed by atoms with Crippen LogP contribution in [0.2, 0.25) is 0 Å². The van der Waals surface area contributed by atoms with Gasteiger partial charge in [0.05, 0.1) is 64.7 Å². The van der Waals surface area contributed by atoms with Gasteiger partial charge in [0.15, 0.2) is 5.75 Å². The third kappa shape index (κ3) is 4.68. The molecular weight excluding hydrogens is 452 g/mol. The first-order valence-corrected chi connectivity index (χ1v) is 11.9. The highest BCUT2D eigenvalue weighted by molar-refractivity contribution is 5.88. The molecule has 2 saturated heterocycles. The minimum absolute atomic E-state index is 0.0257. The average Bonchev–Trinajstić information content (AvgIpc) is 3.36. The predicted molar refractivity (Wildman–Crippen MR) is 130 cm³/mol. The van der Waals surface area contributed by atoms with E-state index in [1.165, 1.54) is 0 Å². The van der Waals surface area contributed by atoms with Crippen LogP contribution in [0.3, 0.4) is 0 Å². The van der Waals surface area contributed by atoms with Gasteiger partial charge in [0, 0.05) is 25.1 Å². The van der Waals surface area contributed by atoms with Gasteiger partial charge in [0.2, 0.25) is 0 Å². The Morgan fingerprint density at radius 2 is 2.03 bits per heavy atom. The number of rotatable bonds is 6. The minimum atomic E-state index is -0.704. The van der Waals surface area contributed by atoms with Crippen LogP contribution < -0.4 is 23.8 Å². The van der Waals surface area contributed by atoms with Gasteiger partial charge >= 0.3 is 0 Å². The SMILES string of the molecule is COc1cc(N2CCOc3ccc(OC4CCN(C(=N)C5(C)COCCO5)C4)cc32)cnc1OC. The maximum absolute atomic E-state index is 8.67. The molecule has 0 amide bonds. The molecular formula is C25H32N4O6. The monoisotopic (exact) mass is 484 g/mol. The number of aromatic nitrogens is 1. The molecule has 35 heavy (non-hydrogen) atoms. The van der Waals surface area contributed by atoms with Gasteiger partial charge in [-0.2, -0.15) is 0 Å². The number of likely N-dealkylation sites (tertiary alicyclic amines) is 1. The summed E-state index contributed by atoms with van der Waals surface area (Å²) in [5.41, 5.74) is 1.09. The van der Waals surface area contributed by atoms with Crippen LogP contribution in [0.4, 0.5) is 11.4 Å². The largest absolute Gasteiger partial charge is 0.491 e. The fourth-order valence-corrected chi connectivity index (χ4v) is 4.73. The Bertz CT molecular complexity index is 1070. The zero-order valence-electron chi connectivity index (χ0n) is 20.4. The third-order valence-corrected chi connectivity index (χ3v) is 6.61. The highest BCUT2D eigenvalue weighted by atomic mass is 16.6. The maximum atomic E-state index is 8.67. The van der Waals surface area contributed by atoms with Gasteiger partial charge in [-0.1, -0.05) is 0 Å². The fourth-order valence-electron chi connectivity index (χ4n) is 4.73. The Morgan fingerprint density at radius 1 is 1.14 bits per heavy atom. The quantitative estimate of drug-likeness (QED) is 0.490. The molecule has 5 rings (SSSR count). The van der Waals surface area contributed by atoms with E-state index in [1.54, 1.807) is 20.4 Å². The van der Waals surface area contributed by atoms with Crippen molar-refractivity contribution in [2.45, 2.75) is 25.0 Å². The molecule has 1 aromatic carbocycles. The lowest BCUT2D eigenvalue weighted by atomic mass is 10.1. The lowest BCUT2D eigenvalue weighted by molar-refractivity contribution is -0.116. The molecule has 2 unspecified atom stereocenters. The molecule has 2 aromatic rings. The molecule has 1 N–H and O–H groups in total. The molecule has 10 nitrogen and oxygen atoms in total. The second-order valence-electron chi connectivity index (χ2n) is 8.99. The fraction of sp³-hybridized carbons (Fsp3) is 0.520. The number of hydrogen-bond donors (Lipinski definition) is 1. The maximum Gasteiger partial charge on any atom is 0.256 e. The topological polar surface area (TPSA) is 98.6 Å². The molecule has 2 atom stereocenters. The summed E-state index contributed by atoms with van der Waals surface area (Å²) in [4.78, 5) is 8.55. The van der Waals surface area contributed by atoms with Crippen LogP contribution in [0.1, 0.15) is 13.3 Å². The number of amidine groups is 1. The Morgan fingerprint density at radius 3 is 2.80 bits per heavy atom. The first-order chi connectivity index (χ1) is 17.0. The number of pyridine rings is 1. The Kier molecular flexibility index (Phi) is 6.57. The second-order valence-corrected chi connectivity index (χ2v) is 8.99. The van der Waals surface area contributed by atoms with Crippen molar-refractivity contribution in [1.29, 1.82) is 5.41 Å². The zero-order chi connectivity index (χ0) is 24.4. The highest BCUT2D eigenvalue weighted by Crippen LogP contribution is 2.41. The number of benzene rings is 1. The highest BCUT2D eigenvalue weighted by Gasteiger charge is 2.39. The van der Waals surface area contributed by atoms with Gasteiger partial charge in [0.1, 0.15) is 35.6 Å². The van der Waals surface area contributed by atoms with E-state index >= 15 is 0 Å². The lowest BCUT2D eigenvalue weighted by Gasteiger charge is -2.37. The number of nitrogens with one attached hydrogen (secondary N) is 1. The van der Waals surface area contributed by atoms with Crippen molar-refractivity contribution in [2.24, 2.45) is 0 Å². The molecule has 188 valence electrons. The van der Waals surface area contributed by atoms with Gasteiger partial charge in [-0.3, -0.25) is 5.41 Å². The third-order valence-electron chi connectivity index (χ3n) is 6.61. The van der Waals surface area contributed by atoms with Crippen molar-refractivity contribution in [3.63, 3.8) is 0 Å². The Hall–Kier alpha value is -3.24. The molecule has 0 saturated carbocycles. The Labute approximate surface area is 205 Å². The van der Waals surface area contributed by atoms with E-state index < -0.39 is 5.60 Å². The van der Waals surface area contributed by atoms with Crippen molar-refractivity contribution in [1.82, 2.24) is 9.88 Å². The van der Waals surface area contributed by atoms with Crippen molar-refractivity contribution in [3.05, 3.63) is 30.5 Å². The lowest BCUT2D eigenvalue weighted by Crippen LogP contribution is -2.53. The van der Waals surface area contributed by atoms with Crippen molar-refractivity contribution in [2.75, 3.05) is 65.2 Å².